The van der Waals surface area contributed by atoms with Gasteiger partial charge < -0.3 is 0 Å². The molecular formula is C21H16F2N2S. The summed E-state index contributed by atoms with van der Waals surface area (Å²) >= 11 is 1.44. The van der Waals surface area contributed by atoms with E-state index in [0.29, 0.717) is 11.3 Å². The van der Waals surface area contributed by atoms with Crippen molar-refractivity contribution < 1.29 is 8.78 Å². The predicted octanol–water partition coefficient (Wildman–Crippen LogP) is 3.53. The van der Waals surface area contributed by atoms with E-state index >= 15 is 0 Å². The van der Waals surface area contributed by atoms with Crippen LogP contribution < -0.4 is 15.9 Å². The Hall–Kier alpha value is -2.79. The van der Waals surface area contributed by atoms with Gasteiger partial charge in [0, 0.05) is 34.0 Å². The highest BCUT2D eigenvalue weighted by atomic mass is 32.2. The van der Waals surface area contributed by atoms with Crippen LogP contribution in [0.2, 0.25) is 0 Å². The van der Waals surface area contributed by atoms with E-state index in [0.717, 1.165) is 27.8 Å². The minimum absolute atomic E-state index is 0.447. The van der Waals surface area contributed by atoms with Crippen LogP contribution in [0.1, 0.15) is 11.1 Å². The zero-order chi connectivity index (χ0) is 17.9. The van der Waals surface area contributed by atoms with Crippen molar-refractivity contribution in [2.75, 3.05) is 0 Å². The van der Waals surface area contributed by atoms with E-state index in [1.165, 1.54) is 24.1 Å². The normalized spacial score (nSPS) is 13.0. The van der Waals surface area contributed by atoms with Crippen LogP contribution in [0, 0.1) is 11.6 Å². The largest absolute Gasteiger partial charge is 0.288 e. The van der Waals surface area contributed by atoms with Gasteiger partial charge in [-0.1, -0.05) is 54.6 Å². The van der Waals surface area contributed by atoms with E-state index in [4.69, 9.17) is 0 Å². The highest BCUT2D eigenvalue weighted by molar-refractivity contribution is 7.96. The fraction of sp³-hybridized carbons (Fsp3) is 0.0476. The number of nitrogens with one attached hydrogen (secondary N) is 1. The van der Waals surface area contributed by atoms with Gasteiger partial charge in [0.2, 0.25) is 0 Å². The zero-order valence-corrected chi connectivity index (χ0v) is 14.6. The van der Waals surface area contributed by atoms with Crippen LogP contribution in [0.3, 0.4) is 0 Å². The van der Waals surface area contributed by atoms with E-state index in [2.05, 4.69) is 29.7 Å². The third-order valence-corrected chi connectivity index (χ3v) is 5.00. The molecule has 3 aromatic rings. The van der Waals surface area contributed by atoms with Crippen LogP contribution in [0.4, 0.5) is 8.78 Å². The number of halogens is 2. The molecule has 0 saturated heterocycles. The molecule has 1 aliphatic heterocycles. The fourth-order valence-electron chi connectivity index (χ4n) is 2.90. The standard InChI is InChI=1S/C21H16F2N2S/c22-18-10-15(11-19(23)12-18)14-26-25-13-17-8-4-5-9-20(17)21(24-25)16-6-2-1-3-7-16/h1-13,24H,14H2. The van der Waals surface area contributed by atoms with E-state index < -0.39 is 11.6 Å². The average molecular weight is 366 g/mol. The third-order valence-electron chi connectivity index (χ3n) is 4.06. The maximum atomic E-state index is 13.4. The van der Waals surface area contributed by atoms with Gasteiger partial charge in [0.1, 0.15) is 11.6 Å². The van der Waals surface area contributed by atoms with Crippen LogP contribution in [-0.4, -0.2) is 4.41 Å². The maximum absolute atomic E-state index is 13.4. The lowest BCUT2D eigenvalue weighted by atomic mass is 10.1. The predicted molar refractivity (Wildman–Crippen MR) is 102 cm³/mol. The number of fused-ring (bicyclic) bond motifs is 1. The number of hydrogen-bond acceptors (Lipinski definition) is 3. The van der Waals surface area contributed by atoms with Crippen molar-refractivity contribution >= 4 is 23.8 Å². The quantitative estimate of drug-likeness (QED) is 0.711. The molecule has 1 N–H and O–H groups in total. The van der Waals surface area contributed by atoms with Crippen molar-refractivity contribution in [1.82, 2.24) is 9.84 Å². The van der Waals surface area contributed by atoms with Gasteiger partial charge in [0.25, 0.3) is 0 Å². The first-order chi connectivity index (χ1) is 12.7. The van der Waals surface area contributed by atoms with Crippen LogP contribution in [0.15, 0.2) is 72.8 Å². The molecule has 0 radical (unpaired) electrons. The Bertz CT molecular complexity index is 1030. The lowest BCUT2D eigenvalue weighted by molar-refractivity contribution is 0.578. The minimum Gasteiger partial charge on any atom is -0.288 e. The summed E-state index contributed by atoms with van der Waals surface area (Å²) in [5.74, 6) is -0.668. The van der Waals surface area contributed by atoms with Crippen molar-refractivity contribution in [3.05, 3.63) is 106 Å². The molecule has 0 bridgehead atoms. The first-order valence-corrected chi connectivity index (χ1v) is 9.14. The number of rotatable bonds is 4. The number of hydrazine groups is 1. The highest BCUT2D eigenvalue weighted by Gasteiger charge is 2.13. The lowest BCUT2D eigenvalue weighted by Crippen LogP contribution is -2.43. The first kappa shape index (κ1) is 16.7. The summed E-state index contributed by atoms with van der Waals surface area (Å²) in [6.07, 6.45) is 1.99. The molecule has 0 amide bonds. The van der Waals surface area contributed by atoms with Gasteiger partial charge in [-0.05, 0) is 29.6 Å². The summed E-state index contributed by atoms with van der Waals surface area (Å²) in [4.78, 5) is 0. The Morgan fingerprint density at radius 1 is 0.846 bits per heavy atom. The number of benzene rings is 3. The van der Waals surface area contributed by atoms with Crippen molar-refractivity contribution in [2.24, 2.45) is 0 Å². The second kappa shape index (κ2) is 7.22. The summed E-state index contributed by atoms with van der Waals surface area (Å²) in [5, 5.41) is 2.20. The molecule has 0 spiro atoms. The Morgan fingerprint density at radius 2 is 1.54 bits per heavy atom. The van der Waals surface area contributed by atoms with E-state index in [1.807, 2.05) is 40.9 Å². The summed E-state index contributed by atoms with van der Waals surface area (Å²) in [7, 11) is 0. The summed E-state index contributed by atoms with van der Waals surface area (Å²) in [6.45, 7) is 0. The third kappa shape index (κ3) is 3.58. The molecule has 0 unspecified atom stereocenters. The highest BCUT2D eigenvalue weighted by Crippen LogP contribution is 2.21. The van der Waals surface area contributed by atoms with Gasteiger partial charge >= 0.3 is 0 Å². The van der Waals surface area contributed by atoms with Crippen LogP contribution in [0.25, 0.3) is 11.9 Å². The molecule has 0 fully saturated rings. The summed E-state index contributed by atoms with van der Waals surface area (Å²) < 4.78 is 28.6. The molecule has 26 heavy (non-hydrogen) atoms. The van der Waals surface area contributed by atoms with Crippen LogP contribution in [0.5, 0.6) is 0 Å². The van der Waals surface area contributed by atoms with Crippen molar-refractivity contribution in [2.45, 2.75) is 5.75 Å². The second-order valence-electron chi connectivity index (χ2n) is 5.95. The molecule has 4 rings (SSSR count). The molecule has 2 nitrogen and oxygen atoms in total. The van der Waals surface area contributed by atoms with Gasteiger partial charge in [0.15, 0.2) is 0 Å². The van der Waals surface area contributed by atoms with Gasteiger partial charge in [-0.3, -0.25) is 5.43 Å². The summed E-state index contributed by atoms with van der Waals surface area (Å²) in [6, 6.07) is 21.8. The Morgan fingerprint density at radius 3 is 2.31 bits per heavy atom. The average Bonchev–Trinajstić information content (AvgIpc) is 2.66. The van der Waals surface area contributed by atoms with Crippen molar-refractivity contribution in [1.29, 1.82) is 0 Å². The second-order valence-corrected chi connectivity index (χ2v) is 6.89. The fourth-order valence-corrected chi connectivity index (χ4v) is 3.70. The van der Waals surface area contributed by atoms with Crippen LogP contribution in [-0.2, 0) is 5.75 Å². The SMILES string of the molecule is Fc1cc(F)cc(CSN2C=c3ccccc3=C(c3ccccc3)N2)c1. The zero-order valence-electron chi connectivity index (χ0n) is 13.8. The first-order valence-electron chi connectivity index (χ1n) is 8.19. The topological polar surface area (TPSA) is 15.3 Å². The smallest absolute Gasteiger partial charge is 0.126 e. The lowest BCUT2D eigenvalue weighted by Gasteiger charge is -2.26. The molecule has 0 aromatic heterocycles. The molecule has 0 aliphatic carbocycles. The number of nitrogens with zero attached hydrogens (tertiary/aromatic N) is 1. The molecule has 1 heterocycles. The molecular weight excluding hydrogens is 350 g/mol. The summed E-state index contributed by atoms with van der Waals surface area (Å²) in [5.41, 5.74) is 6.08. The van der Waals surface area contributed by atoms with Gasteiger partial charge in [0.05, 0.1) is 5.70 Å². The van der Waals surface area contributed by atoms with Crippen LogP contribution >= 0.6 is 11.9 Å². The monoisotopic (exact) mass is 366 g/mol. The van der Waals surface area contributed by atoms with Gasteiger partial charge in [-0.15, -0.1) is 0 Å². The van der Waals surface area contributed by atoms with Crippen molar-refractivity contribution in [3.8, 4) is 0 Å². The maximum Gasteiger partial charge on any atom is 0.126 e. The molecule has 130 valence electrons. The van der Waals surface area contributed by atoms with E-state index in [1.54, 1.807) is 0 Å². The minimum atomic E-state index is -0.557. The van der Waals surface area contributed by atoms with Gasteiger partial charge in [-0.2, -0.15) is 0 Å². The molecule has 0 atom stereocenters. The molecule has 3 aromatic carbocycles. The molecule has 0 saturated carbocycles. The Kier molecular flexibility index (Phi) is 4.63. The van der Waals surface area contributed by atoms with E-state index in [9.17, 15) is 8.78 Å². The Balaban J connectivity index is 1.64. The van der Waals surface area contributed by atoms with E-state index in [-0.39, 0.29) is 0 Å². The van der Waals surface area contributed by atoms with Crippen molar-refractivity contribution in [3.63, 3.8) is 0 Å². The number of hydrogen-bond donors (Lipinski definition) is 1. The molecule has 5 heteroatoms. The Labute approximate surface area is 154 Å². The molecule has 1 aliphatic rings. The van der Waals surface area contributed by atoms with Gasteiger partial charge in [-0.25, -0.2) is 13.2 Å².